The first kappa shape index (κ1) is 24.6. The predicted octanol–water partition coefficient (Wildman–Crippen LogP) is 5.25. The van der Waals surface area contributed by atoms with E-state index in [1.807, 2.05) is 68.4 Å². The van der Waals surface area contributed by atoms with Gasteiger partial charge in [-0.2, -0.15) is 0 Å². The largest absolute Gasteiger partial charge is 0.489 e. The molecule has 1 fully saturated rings. The van der Waals surface area contributed by atoms with Crippen molar-refractivity contribution in [3.8, 4) is 11.4 Å². The third kappa shape index (κ3) is 5.28. The summed E-state index contributed by atoms with van der Waals surface area (Å²) in [5.74, 6) is -0.169. The van der Waals surface area contributed by atoms with Gasteiger partial charge < -0.3 is 9.30 Å². The van der Waals surface area contributed by atoms with Crippen LogP contribution in [0.15, 0.2) is 77.3 Å². The standard InChI is InChI=1S/C27H24BrN3O3S/c1-4-13-30-26(33)24(25(32)29-27(30)35)15-20-14-17(2)31(18(20)3)22-9-11-23(12-10-22)34-16-19-5-7-21(28)8-6-19/h4-12,14-15H,1,13,16H2,2-3H3,(H,29,32,35)/b24-15+. The molecule has 0 saturated carbocycles. The highest BCUT2D eigenvalue weighted by molar-refractivity contribution is 9.10. The second-order valence-corrected chi connectivity index (χ2v) is 9.40. The zero-order chi connectivity index (χ0) is 25.1. The number of nitrogens with one attached hydrogen (secondary N) is 1. The van der Waals surface area contributed by atoms with Crippen molar-refractivity contribution in [2.24, 2.45) is 0 Å². The average molecular weight is 550 g/mol. The first-order chi connectivity index (χ1) is 16.8. The van der Waals surface area contributed by atoms with E-state index in [0.717, 1.165) is 38.4 Å². The molecule has 0 spiro atoms. The van der Waals surface area contributed by atoms with E-state index in [0.29, 0.717) is 6.61 Å². The molecule has 1 aliphatic rings. The summed E-state index contributed by atoms with van der Waals surface area (Å²) >= 11 is 8.56. The lowest BCUT2D eigenvalue weighted by Gasteiger charge is -2.27. The third-order valence-corrected chi connectivity index (χ3v) is 6.53. The van der Waals surface area contributed by atoms with Gasteiger partial charge in [-0.25, -0.2) is 0 Å². The van der Waals surface area contributed by atoms with Crippen molar-refractivity contribution in [1.29, 1.82) is 0 Å². The lowest BCUT2D eigenvalue weighted by molar-refractivity contribution is -0.128. The quantitative estimate of drug-likeness (QED) is 0.189. The van der Waals surface area contributed by atoms with Gasteiger partial charge in [0.2, 0.25) is 0 Å². The normalized spacial score (nSPS) is 14.9. The van der Waals surface area contributed by atoms with Gasteiger partial charge in [0.05, 0.1) is 0 Å². The van der Waals surface area contributed by atoms with Gasteiger partial charge in [-0.1, -0.05) is 34.1 Å². The topological polar surface area (TPSA) is 63.6 Å². The molecule has 2 aromatic carbocycles. The van der Waals surface area contributed by atoms with Crippen LogP contribution in [0, 0.1) is 13.8 Å². The molecular formula is C27H24BrN3O3S. The van der Waals surface area contributed by atoms with Gasteiger partial charge in [0.1, 0.15) is 17.9 Å². The molecule has 1 saturated heterocycles. The maximum atomic E-state index is 12.9. The Bertz CT molecular complexity index is 1340. The molecule has 0 radical (unpaired) electrons. The molecule has 1 N–H and O–H groups in total. The molecule has 35 heavy (non-hydrogen) atoms. The Morgan fingerprint density at radius 2 is 1.77 bits per heavy atom. The summed E-state index contributed by atoms with van der Waals surface area (Å²) in [6.07, 6.45) is 3.18. The number of thiocarbonyl (C=S) groups is 1. The van der Waals surface area contributed by atoms with E-state index in [9.17, 15) is 9.59 Å². The summed E-state index contributed by atoms with van der Waals surface area (Å²) < 4.78 is 9.02. The molecule has 2 heterocycles. The predicted molar refractivity (Wildman–Crippen MR) is 144 cm³/mol. The molecular weight excluding hydrogens is 526 g/mol. The lowest BCUT2D eigenvalue weighted by Crippen LogP contribution is -2.53. The molecule has 6 nitrogen and oxygen atoms in total. The second kappa shape index (κ2) is 10.4. The average Bonchev–Trinajstić information content (AvgIpc) is 3.12. The number of benzene rings is 2. The van der Waals surface area contributed by atoms with E-state index in [1.54, 1.807) is 12.2 Å². The molecule has 0 bridgehead atoms. The van der Waals surface area contributed by atoms with Gasteiger partial charge in [0, 0.05) is 28.1 Å². The number of nitrogens with zero attached hydrogens (tertiary/aromatic N) is 2. The van der Waals surface area contributed by atoms with Crippen LogP contribution in [0.2, 0.25) is 0 Å². The Hall–Kier alpha value is -3.49. The fourth-order valence-corrected chi connectivity index (χ4v) is 4.43. The number of hydrogen-bond acceptors (Lipinski definition) is 4. The lowest BCUT2D eigenvalue weighted by atomic mass is 10.1. The van der Waals surface area contributed by atoms with Crippen molar-refractivity contribution in [2.75, 3.05) is 6.54 Å². The second-order valence-electron chi connectivity index (χ2n) is 8.09. The summed E-state index contributed by atoms with van der Waals surface area (Å²) in [6.45, 7) is 8.29. The Labute approximate surface area is 218 Å². The highest BCUT2D eigenvalue weighted by Gasteiger charge is 2.32. The van der Waals surface area contributed by atoms with Crippen LogP contribution in [-0.4, -0.2) is 32.9 Å². The zero-order valence-electron chi connectivity index (χ0n) is 19.4. The van der Waals surface area contributed by atoms with Gasteiger partial charge in [0.15, 0.2) is 5.11 Å². The van der Waals surface area contributed by atoms with Crippen molar-refractivity contribution in [1.82, 2.24) is 14.8 Å². The molecule has 178 valence electrons. The Morgan fingerprint density at radius 3 is 2.43 bits per heavy atom. The van der Waals surface area contributed by atoms with Crippen molar-refractivity contribution in [2.45, 2.75) is 20.5 Å². The SMILES string of the molecule is C=CCN1C(=O)/C(=C/c2cc(C)n(-c3ccc(OCc4ccc(Br)cc4)cc3)c2C)C(=O)NC1=S. The Kier molecular flexibility index (Phi) is 7.33. The minimum atomic E-state index is -0.502. The van der Waals surface area contributed by atoms with Crippen LogP contribution in [0.25, 0.3) is 11.8 Å². The summed E-state index contributed by atoms with van der Waals surface area (Å²) in [4.78, 5) is 26.7. The molecule has 4 rings (SSSR count). The summed E-state index contributed by atoms with van der Waals surface area (Å²) in [5.41, 5.74) is 4.73. The van der Waals surface area contributed by atoms with Crippen molar-refractivity contribution in [3.63, 3.8) is 0 Å². The van der Waals surface area contributed by atoms with E-state index in [4.69, 9.17) is 17.0 Å². The fraction of sp³-hybridized carbons (Fsp3) is 0.148. The van der Waals surface area contributed by atoms with E-state index >= 15 is 0 Å². The minimum absolute atomic E-state index is 0.0392. The number of ether oxygens (including phenoxy) is 1. The monoisotopic (exact) mass is 549 g/mol. The van der Waals surface area contributed by atoms with Gasteiger partial charge >= 0.3 is 0 Å². The van der Waals surface area contributed by atoms with Gasteiger partial charge in [-0.3, -0.25) is 19.8 Å². The first-order valence-electron chi connectivity index (χ1n) is 10.9. The number of aromatic nitrogens is 1. The minimum Gasteiger partial charge on any atom is -0.489 e. The molecule has 0 unspecified atom stereocenters. The number of hydrogen-bond donors (Lipinski definition) is 1. The summed E-state index contributed by atoms with van der Waals surface area (Å²) in [7, 11) is 0. The molecule has 0 atom stereocenters. The molecule has 0 aliphatic carbocycles. The number of aryl methyl sites for hydroxylation is 1. The van der Waals surface area contributed by atoms with Crippen molar-refractivity contribution in [3.05, 3.63) is 99.8 Å². The molecule has 3 aromatic rings. The molecule has 1 aromatic heterocycles. The van der Waals surface area contributed by atoms with E-state index < -0.39 is 11.8 Å². The molecule has 2 amide bonds. The van der Waals surface area contributed by atoms with Gasteiger partial charge in [-0.05, 0) is 85.7 Å². The Balaban J connectivity index is 1.56. The zero-order valence-corrected chi connectivity index (χ0v) is 21.8. The maximum absolute atomic E-state index is 12.9. The van der Waals surface area contributed by atoms with Gasteiger partial charge in [0.25, 0.3) is 11.8 Å². The van der Waals surface area contributed by atoms with Crippen LogP contribution in [0.4, 0.5) is 0 Å². The number of amides is 2. The van der Waals surface area contributed by atoms with E-state index in [2.05, 4.69) is 32.4 Å². The van der Waals surface area contributed by atoms with Gasteiger partial charge in [-0.15, -0.1) is 6.58 Å². The van der Waals surface area contributed by atoms with Crippen molar-refractivity contribution < 1.29 is 14.3 Å². The van der Waals surface area contributed by atoms with Crippen LogP contribution in [0.1, 0.15) is 22.5 Å². The number of rotatable bonds is 7. The summed E-state index contributed by atoms with van der Waals surface area (Å²) in [6, 6.07) is 17.8. The van der Waals surface area contributed by atoms with Crippen LogP contribution in [0.5, 0.6) is 5.75 Å². The molecule has 1 aliphatic heterocycles. The van der Waals surface area contributed by atoms with Crippen LogP contribution < -0.4 is 10.1 Å². The van der Waals surface area contributed by atoms with Crippen LogP contribution >= 0.6 is 28.1 Å². The number of carbonyl (C=O) groups is 2. The first-order valence-corrected chi connectivity index (χ1v) is 12.1. The molecule has 8 heteroatoms. The summed E-state index contributed by atoms with van der Waals surface area (Å²) in [5, 5.41) is 2.67. The fourth-order valence-electron chi connectivity index (χ4n) is 3.91. The van der Waals surface area contributed by atoms with Crippen LogP contribution in [0.3, 0.4) is 0 Å². The third-order valence-electron chi connectivity index (χ3n) is 5.68. The van der Waals surface area contributed by atoms with E-state index in [1.165, 1.54) is 4.90 Å². The Morgan fingerprint density at radius 1 is 1.09 bits per heavy atom. The number of halogens is 1. The highest BCUT2D eigenvalue weighted by atomic mass is 79.9. The van der Waals surface area contributed by atoms with E-state index in [-0.39, 0.29) is 17.2 Å². The number of carbonyl (C=O) groups excluding carboxylic acids is 2. The van der Waals surface area contributed by atoms with Crippen molar-refractivity contribution >= 4 is 51.2 Å². The van der Waals surface area contributed by atoms with Crippen LogP contribution in [-0.2, 0) is 16.2 Å². The highest BCUT2D eigenvalue weighted by Crippen LogP contribution is 2.26. The smallest absolute Gasteiger partial charge is 0.265 e. The maximum Gasteiger partial charge on any atom is 0.265 e.